The van der Waals surface area contributed by atoms with Gasteiger partial charge in [-0.05, 0) is 205 Å². The molecular weight excluding hydrogens is 773 g/mol. The second-order valence-electron chi connectivity index (χ2n) is 18.7. The van der Waals surface area contributed by atoms with Gasteiger partial charge in [0.2, 0.25) is 11.5 Å². The van der Waals surface area contributed by atoms with Gasteiger partial charge in [-0.1, -0.05) is 116 Å². The van der Waals surface area contributed by atoms with Gasteiger partial charge in [0.15, 0.2) is 11.5 Å². The van der Waals surface area contributed by atoms with Crippen LogP contribution < -0.4 is 9.47 Å². The standard InChI is InChI=1S/C59H92O4/c1-44(2)24-15-25-45(3)26-16-27-46(4)28-17-29-47(5)30-18-31-48(6)32-19-33-49(7)34-20-35-50(8)36-21-37-51(9)38-22-39-52(10)40-23-41-53(11)42-43-55-54(12)56(60)58(62-13)59(63-14)57(55)61/h24,26,28,30,32,34,36,38,40,42,60-61H,15-23,25,27,29,31,33,35,37,39,41,43H2,1-14H3/b45-26-,46-28-,47-30-,48-32-,49-34-,50-36-,51-38-,52-40-,53-42-. The van der Waals surface area contributed by atoms with Crippen LogP contribution in [-0.2, 0) is 6.42 Å². The fraction of sp³-hybridized carbons (Fsp3) is 0.559. The predicted molar refractivity (Wildman–Crippen MR) is 278 cm³/mol. The van der Waals surface area contributed by atoms with Crippen molar-refractivity contribution in [3.8, 4) is 23.0 Å². The van der Waals surface area contributed by atoms with Gasteiger partial charge in [-0.15, -0.1) is 0 Å². The summed E-state index contributed by atoms with van der Waals surface area (Å²) in [5.41, 5.74) is 15.9. The van der Waals surface area contributed by atoms with Crippen molar-refractivity contribution in [3.63, 3.8) is 0 Å². The number of hydrogen-bond acceptors (Lipinski definition) is 4. The average molecular weight is 865 g/mol. The summed E-state index contributed by atoms with van der Waals surface area (Å²) in [5.74, 6) is 0.356. The third-order valence-electron chi connectivity index (χ3n) is 12.1. The van der Waals surface area contributed by atoms with Crippen LogP contribution in [0.15, 0.2) is 116 Å². The van der Waals surface area contributed by atoms with Crippen LogP contribution in [-0.4, -0.2) is 24.4 Å². The number of benzene rings is 1. The molecule has 1 rings (SSSR count). The Balaban J connectivity index is 2.32. The van der Waals surface area contributed by atoms with Crippen LogP contribution in [0.4, 0.5) is 0 Å². The number of rotatable bonds is 31. The molecule has 0 fully saturated rings. The Morgan fingerprint density at radius 3 is 0.810 bits per heavy atom. The summed E-state index contributed by atoms with van der Waals surface area (Å²) >= 11 is 0. The van der Waals surface area contributed by atoms with E-state index in [1.54, 1.807) is 6.92 Å². The lowest BCUT2D eigenvalue weighted by Crippen LogP contribution is -1.98. The predicted octanol–water partition coefficient (Wildman–Crippen LogP) is 18.5. The Hall–Kier alpha value is -4.18. The second kappa shape index (κ2) is 33.3. The van der Waals surface area contributed by atoms with Gasteiger partial charge in [-0.3, -0.25) is 0 Å². The molecule has 0 spiro atoms. The zero-order valence-corrected chi connectivity index (χ0v) is 42.9. The van der Waals surface area contributed by atoms with Crippen LogP contribution in [0.1, 0.15) is 203 Å². The summed E-state index contributed by atoms with van der Waals surface area (Å²) in [5, 5.41) is 21.3. The number of hydrogen-bond donors (Lipinski definition) is 2. The third kappa shape index (κ3) is 26.3. The molecule has 0 unspecified atom stereocenters. The molecule has 1 aromatic rings. The first-order valence-electron chi connectivity index (χ1n) is 24.2. The van der Waals surface area contributed by atoms with E-state index in [0.717, 1.165) is 96.3 Å². The minimum atomic E-state index is 0.00634. The maximum atomic E-state index is 10.7. The van der Waals surface area contributed by atoms with Crippen molar-refractivity contribution in [1.29, 1.82) is 0 Å². The molecule has 0 aromatic heterocycles. The van der Waals surface area contributed by atoms with E-state index in [1.165, 1.54) is 89.2 Å². The monoisotopic (exact) mass is 865 g/mol. The van der Waals surface area contributed by atoms with Gasteiger partial charge in [0.05, 0.1) is 14.2 Å². The lowest BCUT2D eigenvalue weighted by molar-refractivity contribution is 0.314. The van der Waals surface area contributed by atoms with Crippen LogP contribution in [0.5, 0.6) is 23.0 Å². The third-order valence-corrected chi connectivity index (χ3v) is 12.1. The van der Waals surface area contributed by atoms with E-state index in [2.05, 4.69) is 137 Å². The molecule has 63 heavy (non-hydrogen) atoms. The van der Waals surface area contributed by atoms with Gasteiger partial charge in [0.25, 0.3) is 0 Å². The van der Waals surface area contributed by atoms with Crippen molar-refractivity contribution in [2.45, 2.75) is 205 Å². The summed E-state index contributed by atoms with van der Waals surface area (Å²) < 4.78 is 10.5. The number of phenolic OH excluding ortho intramolecular Hbond substituents is 2. The molecule has 0 aliphatic carbocycles. The van der Waals surface area contributed by atoms with Crippen LogP contribution in [0.25, 0.3) is 0 Å². The van der Waals surface area contributed by atoms with Crippen molar-refractivity contribution in [1.82, 2.24) is 0 Å². The lowest BCUT2D eigenvalue weighted by atomic mass is 9.99. The van der Waals surface area contributed by atoms with Gasteiger partial charge >= 0.3 is 0 Å². The topological polar surface area (TPSA) is 58.9 Å². The number of aromatic hydroxyl groups is 2. The largest absolute Gasteiger partial charge is 0.504 e. The van der Waals surface area contributed by atoms with Crippen LogP contribution in [0.3, 0.4) is 0 Å². The average Bonchev–Trinajstić information content (AvgIpc) is 3.21. The summed E-state index contributed by atoms with van der Waals surface area (Å²) in [6.07, 6.45) is 44.6. The number of allylic oxidation sites excluding steroid dienone is 20. The Morgan fingerprint density at radius 2 is 0.571 bits per heavy atom. The van der Waals surface area contributed by atoms with Crippen LogP contribution >= 0.6 is 0 Å². The molecule has 0 aliphatic heterocycles. The van der Waals surface area contributed by atoms with E-state index in [4.69, 9.17) is 9.47 Å². The van der Waals surface area contributed by atoms with Gasteiger partial charge in [-0.2, -0.15) is 0 Å². The zero-order chi connectivity index (χ0) is 47.2. The normalized spacial score (nSPS) is 14.2. The Bertz CT molecular complexity index is 1840. The van der Waals surface area contributed by atoms with Crippen molar-refractivity contribution >= 4 is 0 Å². The fourth-order valence-corrected chi connectivity index (χ4v) is 7.62. The summed E-state index contributed by atoms with van der Waals surface area (Å²) in [4.78, 5) is 0. The molecule has 0 heterocycles. The first kappa shape index (κ1) is 56.8. The fourth-order valence-electron chi connectivity index (χ4n) is 7.62. The maximum absolute atomic E-state index is 10.7. The number of phenols is 2. The molecule has 0 aliphatic rings. The number of ether oxygens (including phenoxy) is 2. The van der Waals surface area contributed by atoms with Crippen molar-refractivity contribution in [3.05, 3.63) is 128 Å². The first-order chi connectivity index (χ1) is 30.0. The van der Waals surface area contributed by atoms with Crippen molar-refractivity contribution < 1.29 is 19.7 Å². The minimum Gasteiger partial charge on any atom is -0.504 e. The SMILES string of the molecule is COc1c(O)c(C)c(C/C=C(/C)CC/C=C(/C)CC/C=C(/C)CC/C=C(/C)CC/C=C(/C)CC/C=C(/C)CC/C=C(/C)CC/C=C(/C)CC/C=C(/C)CCC=C(C)C)c(O)c1OC. The Labute approximate surface area is 388 Å². The molecule has 0 saturated carbocycles. The maximum Gasteiger partial charge on any atom is 0.207 e. The van der Waals surface area contributed by atoms with E-state index >= 15 is 0 Å². The summed E-state index contributed by atoms with van der Waals surface area (Å²) in [6.45, 7) is 26.5. The molecule has 0 amide bonds. The summed E-state index contributed by atoms with van der Waals surface area (Å²) in [6, 6.07) is 0. The molecule has 0 atom stereocenters. The Morgan fingerprint density at radius 1 is 0.349 bits per heavy atom. The van der Waals surface area contributed by atoms with E-state index in [0.29, 0.717) is 17.5 Å². The van der Waals surface area contributed by atoms with E-state index in [-0.39, 0.29) is 23.0 Å². The zero-order valence-electron chi connectivity index (χ0n) is 42.9. The highest BCUT2D eigenvalue weighted by molar-refractivity contribution is 5.66. The van der Waals surface area contributed by atoms with Crippen molar-refractivity contribution in [2.75, 3.05) is 14.2 Å². The number of methoxy groups -OCH3 is 2. The highest BCUT2D eigenvalue weighted by Gasteiger charge is 2.22. The van der Waals surface area contributed by atoms with E-state index in [1.807, 2.05) is 0 Å². The van der Waals surface area contributed by atoms with Gasteiger partial charge in [-0.25, -0.2) is 0 Å². The van der Waals surface area contributed by atoms with E-state index < -0.39 is 0 Å². The molecule has 0 radical (unpaired) electrons. The highest BCUT2D eigenvalue weighted by Crippen LogP contribution is 2.48. The van der Waals surface area contributed by atoms with E-state index in [9.17, 15) is 10.2 Å². The van der Waals surface area contributed by atoms with Gasteiger partial charge < -0.3 is 19.7 Å². The molecule has 352 valence electrons. The molecule has 4 heteroatoms. The molecule has 4 nitrogen and oxygen atoms in total. The molecule has 0 bridgehead atoms. The smallest absolute Gasteiger partial charge is 0.207 e. The van der Waals surface area contributed by atoms with Crippen molar-refractivity contribution in [2.24, 2.45) is 0 Å². The highest BCUT2D eigenvalue weighted by atomic mass is 16.5. The van der Waals surface area contributed by atoms with Crippen LogP contribution in [0, 0.1) is 6.92 Å². The quantitative estimate of drug-likeness (QED) is 0.0577. The van der Waals surface area contributed by atoms with Gasteiger partial charge in [0.1, 0.15) is 0 Å². The molecule has 2 N–H and O–H groups in total. The second-order valence-corrected chi connectivity index (χ2v) is 18.7. The summed E-state index contributed by atoms with van der Waals surface area (Å²) in [7, 11) is 2.91. The Kier molecular flexibility index (Phi) is 30.1. The van der Waals surface area contributed by atoms with Crippen LogP contribution in [0.2, 0.25) is 0 Å². The minimum absolute atomic E-state index is 0.00634. The van der Waals surface area contributed by atoms with Gasteiger partial charge in [0, 0.05) is 11.1 Å². The molecule has 1 aromatic carbocycles. The lowest BCUT2D eigenvalue weighted by Gasteiger charge is -2.17. The molecule has 0 saturated heterocycles. The molecular formula is C59H92O4. The first-order valence-corrected chi connectivity index (χ1v) is 24.2.